The van der Waals surface area contributed by atoms with Crippen LogP contribution in [0.15, 0.2) is 53.4 Å². The van der Waals surface area contributed by atoms with Crippen molar-refractivity contribution >= 4 is 21.9 Å². The summed E-state index contributed by atoms with van der Waals surface area (Å²) in [6.07, 6.45) is 1.59. The smallest absolute Gasteiger partial charge is 0.338 e. The van der Waals surface area contributed by atoms with Gasteiger partial charge >= 0.3 is 5.97 Å². The lowest BCUT2D eigenvalue weighted by molar-refractivity contribution is -0.124. The first-order chi connectivity index (χ1) is 14.3. The molecule has 2 aromatic carbocycles. The number of nitrogens with zero attached hydrogens (tertiary/aromatic N) is 1. The Balaban J connectivity index is 1.89. The molecule has 0 aromatic heterocycles. The van der Waals surface area contributed by atoms with Crippen LogP contribution >= 0.6 is 0 Å². The summed E-state index contributed by atoms with van der Waals surface area (Å²) in [4.78, 5) is 24.0. The van der Waals surface area contributed by atoms with E-state index in [2.05, 4.69) is 5.32 Å². The van der Waals surface area contributed by atoms with Gasteiger partial charge in [-0.1, -0.05) is 30.3 Å². The number of hydrogen-bond acceptors (Lipinski definition) is 6. The number of aryl methyl sites for hydroxylation is 1. The van der Waals surface area contributed by atoms with Crippen molar-refractivity contribution in [2.45, 2.75) is 17.7 Å². The van der Waals surface area contributed by atoms with Gasteiger partial charge < -0.3 is 14.8 Å². The molecule has 2 aromatic rings. The summed E-state index contributed by atoms with van der Waals surface area (Å²) in [5.41, 5.74) is 1.19. The highest BCUT2D eigenvalue weighted by molar-refractivity contribution is 7.89. The van der Waals surface area contributed by atoms with Crippen LogP contribution in [0.1, 0.15) is 22.3 Å². The summed E-state index contributed by atoms with van der Waals surface area (Å²) in [6.45, 7) is 0.00496. The van der Waals surface area contributed by atoms with E-state index < -0.39 is 28.5 Å². The van der Waals surface area contributed by atoms with Crippen LogP contribution in [-0.4, -0.2) is 59.0 Å². The number of esters is 1. The van der Waals surface area contributed by atoms with Crippen molar-refractivity contribution in [3.05, 3.63) is 59.7 Å². The quantitative estimate of drug-likeness (QED) is 0.452. The van der Waals surface area contributed by atoms with Gasteiger partial charge in [0.1, 0.15) is 10.6 Å². The second-order valence-corrected chi connectivity index (χ2v) is 8.79. The molecule has 2 rings (SSSR count). The zero-order valence-electron chi connectivity index (χ0n) is 17.3. The average Bonchev–Trinajstić information content (AvgIpc) is 2.75. The van der Waals surface area contributed by atoms with Gasteiger partial charge in [0.05, 0.1) is 12.7 Å². The molecule has 0 aliphatic rings. The zero-order chi connectivity index (χ0) is 22.1. The van der Waals surface area contributed by atoms with Gasteiger partial charge in [-0.3, -0.25) is 4.79 Å². The Kier molecular flexibility index (Phi) is 8.37. The predicted octanol–water partition coefficient (Wildman–Crippen LogP) is 1.85. The lowest BCUT2D eigenvalue weighted by atomic mass is 10.1. The monoisotopic (exact) mass is 434 g/mol. The second kappa shape index (κ2) is 10.7. The van der Waals surface area contributed by atoms with E-state index in [9.17, 15) is 18.0 Å². The van der Waals surface area contributed by atoms with Crippen molar-refractivity contribution in [3.8, 4) is 5.75 Å². The number of nitrogens with one attached hydrogen (secondary N) is 1. The van der Waals surface area contributed by atoms with Crippen molar-refractivity contribution in [2.24, 2.45) is 0 Å². The molecular formula is C21H26N2O6S. The van der Waals surface area contributed by atoms with Crippen molar-refractivity contribution < 1.29 is 27.5 Å². The number of ether oxygens (including phenoxy) is 2. The molecule has 0 atom stereocenters. The first kappa shape index (κ1) is 23.4. The van der Waals surface area contributed by atoms with Gasteiger partial charge in [0.25, 0.3) is 5.91 Å². The number of methoxy groups -OCH3 is 1. The molecule has 0 saturated heterocycles. The first-order valence-electron chi connectivity index (χ1n) is 9.34. The van der Waals surface area contributed by atoms with E-state index in [1.165, 1.54) is 45.0 Å². The maximum atomic E-state index is 12.4. The molecule has 0 bridgehead atoms. The Morgan fingerprint density at radius 3 is 2.40 bits per heavy atom. The molecule has 0 aliphatic carbocycles. The maximum absolute atomic E-state index is 12.4. The highest BCUT2D eigenvalue weighted by atomic mass is 32.2. The Labute approximate surface area is 176 Å². The van der Waals surface area contributed by atoms with E-state index in [1.807, 2.05) is 30.3 Å². The van der Waals surface area contributed by atoms with E-state index in [0.717, 1.165) is 17.1 Å². The van der Waals surface area contributed by atoms with Crippen LogP contribution in [0.5, 0.6) is 5.75 Å². The lowest BCUT2D eigenvalue weighted by Crippen LogP contribution is -2.30. The molecule has 30 heavy (non-hydrogen) atoms. The third kappa shape index (κ3) is 6.30. The summed E-state index contributed by atoms with van der Waals surface area (Å²) in [7, 11) is 0.268. The Morgan fingerprint density at radius 2 is 1.77 bits per heavy atom. The van der Waals surface area contributed by atoms with Crippen molar-refractivity contribution in [1.82, 2.24) is 9.62 Å². The first-order valence-corrected chi connectivity index (χ1v) is 10.8. The number of amides is 1. The predicted molar refractivity (Wildman–Crippen MR) is 112 cm³/mol. The Bertz CT molecular complexity index is 974. The Hall–Kier alpha value is -2.91. The van der Waals surface area contributed by atoms with E-state index in [1.54, 1.807) is 0 Å². The molecule has 0 radical (unpaired) electrons. The number of rotatable bonds is 10. The van der Waals surface area contributed by atoms with Crippen LogP contribution in [0.3, 0.4) is 0 Å². The van der Waals surface area contributed by atoms with Crippen LogP contribution in [0, 0.1) is 0 Å². The SMILES string of the molecule is COc1ccc(C(=O)OCC(=O)NCCCc2ccccc2)cc1S(=O)(=O)N(C)C. The number of carbonyl (C=O) groups is 2. The number of hydrogen-bond donors (Lipinski definition) is 1. The van der Waals surface area contributed by atoms with Gasteiger partial charge in [-0.05, 0) is 36.6 Å². The molecule has 8 nitrogen and oxygen atoms in total. The molecule has 0 spiro atoms. The fourth-order valence-corrected chi connectivity index (χ4v) is 3.71. The van der Waals surface area contributed by atoms with Gasteiger partial charge in [0.15, 0.2) is 6.61 Å². The van der Waals surface area contributed by atoms with Gasteiger partial charge in [-0.25, -0.2) is 17.5 Å². The molecule has 162 valence electrons. The van der Waals surface area contributed by atoms with Gasteiger partial charge in [-0.15, -0.1) is 0 Å². The molecule has 0 saturated carbocycles. The van der Waals surface area contributed by atoms with Crippen molar-refractivity contribution in [2.75, 3.05) is 34.4 Å². The third-order valence-corrected chi connectivity index (χ3v) is 6.14. The summed E-state index contributed by atoms with van der Waals surface area (Å²) in [6, 6.07) is 13.8. The van der Waals surface area contributed by atoms with Crippen molar-refractivity contribution in [3.63, 3.8) is 0 Å². The number of carbonyl (C=O) groups excluding carboxylic acids is 2. The van der Waals surface area contributed by atoms with Crippen LogP contribution in [-0.2, 0) is 26.0 Å². The highest BCUT2D eigenvalue weighted by Crippen LogP contribution is 2.27. The van der Waals surface area contributed by atoms with Crippen molar-refractivity contribution in [1.29, 1.82) is 0 Å². The minimum atomic E-state index is -3.82. The van der Waals surface area contributed by atoms with E-state index >= 15 is 0 Å². The zero-order valence-corrected chi connectivity index (χ0v) is 18.1. The van der Waals surface area contributed by atoms with Gasteiger partial charge in [-0.2, -0.15) is 0 Å². The molecule has 0 fully saturated rings. The Morgan fingerprint density at radius 1 is 1.07 bits per heavy atom. The van der Waals surface area contributed by atoms with Crippen LogP contribution < -0.4 is 10.1 Å². The van der Waals surface area contributed by atoms with Gasteiger partial charge in [0.2, 0.25) is 10.0 Å². The normalized spacial score (nSPS) is 11.2. The fourth-order valence-electron chi connectivity index (χ4n) is 2.63. The topological polar surface area (TPSA) is 102 Å². The van der Waals surface area contributed by atoms with E-state index in [4.69, 9.17) is 9.47 Å². The standard InChI is InChI=1S/C21H26N2O6S/c1-23(2)30(26,27)19-14-17(11-12-18(19)28-3)21(25)29-15-20(24)22-13-7-10-16-8-5-4-6-9-16/h4-6,8-9,11-12,14H,7,10,13,15H2,1-3H3,(H,22,24). The van der Waals surface area contributed by atoms with Crippen LogP contribution in [0.25, 0.3) is 0 Å². The summed E-state index contributed by atoms with van der Waals surface area (Å²) in [5, 5.41) is 2.69. The maximum Gasteiger partial charge on any atom is 0.338 e. The molecule has 0 unspecified atom stereocenters. The summed E-state index contributed by atoms with van der Waals surface area (Å²) in [5.74, 6) is -1.12. The third-order valence-electron chi connectivity index (χ3n) is 4.30. The van der Waals surface area contributed by atoms with Crippen LogP contribution in [0.2, 0.25) is 0 Å². The summed E-state index contributed by atoms with van der Waals surface area (Å²) < 4.78 is 36.0. The van der Waals surface area contributed by atoms with E-state index in [0.29, 0.717) is 6.54 Å². The minimum Gasteiger partial charge on any atom is -0.495 e. The van der Waals surface area contributed by atoms with Crippen LogP contribution in [0.4, 0.5) is 0 Å². The molecular weight excluding hydrogens is 408 g/mol. The largest absolute Gasteiger partial charge is 0.495 e. The highest BCUT2D eigenvalue weighted by Gasteiger charge is 2.24. The lowest BCUT2D eigenvalue weighted by Gasteiger charge is -2.15. The van der Waals surface area contributed by atoms with Gasteiger partial charge in [0, 0.05) is 20.6 Å². The molecule has 9 heteroatoms. The molecule has 0 heterocycles. The molecule has 1 N–H and O–H groups in total. The number of sulfonamides is 1. The molecule has 0 aliphatic heterocycles. The number of benzene rings is 2. The van der Waals surface area contributed by atoms with E-state index in [-0.39, 0.29) is 16.2 Å². The molecule has 1 amide bonds. The average molecular weight is 435 g/mol. The second-order valence-electron chi connectivity index (χ2n) is 6.67. The minimum absolute atomic E-state index is 0.00750. The fraction of sp³-hybridized carbons (Fsp3) is 0.333. The summed E-state index contributed by atoms with van der Waals surface area (Å²) >= 11 is 0.